The average Bonchev–Trinajstić information content (AvgIpc) is 2.40. The third kappa shape index (κ3) is 3.32. The van der Waals surface area contributed by atoms with Crippen molar-refractivity contribution in [2.75, 3.05) is 12.4 Å². The first kappa shape index (κ1) is 15.7. The molecule has 21 heavy (non-hydrogen) atoms. The number of hydrogen-bond donors (Lipinski definition) is 1. The monoisotopic (exact) mass is 356 g/mol. The molecule has 1 heterocycles. The highest BCUT2D eigenvalue weighted by Crippen LogP contribution is 2.27. The predicted octanol–water partition coefficient (Wildman–Crippen LogP) is 4.36. The van der Waals surface area contributed by atoms with Crippen LogP contribution in [0.1, 0.15) is 16.8 Å². The summed E-state index contributed by atoms with van der Waals surface area (Å²) in [7, 11) is 1.58. The smallest absolute Gasteiger partial charge is 0.150 e. The number of hydrogen-bond acceptors (Lipinski definition) is 3. The van der Waals surface area contributed by atoms with E-state index in [9.17, 15) is 8.78 Å². The van der Waals surface area contributed by atoms with Crippen LogP contribution in [0.4, 0.5) is 14.5 Å². The largest absolute Gasteiger partial charge is 0.496 e. The molecule has 0 bridgehead atoms. The lowest BCUT2D eigenvalue weighted by molar-refractivity contribution is 0.407. The van der Waals surface area contributed by atoms with Gasteiger partial charge >= 0.3 is 0 Å². The van der Waals surface area contributed by atoms with Crippen LogP contribution in [0.2, 0.25) is 0 Å². The second-order valence-corrected chi connectivity index (χ2v) is 5.56. The number of aromatic nitrogens is 1. The maximum Gasteiger partial charge on any atom is 0.150 e. The third-order valence-electron chi connectivity index (χ3n) is 3.19. The Morgan fingerprint density at radius 3 is 2.43 bits per heavy atom. The molecule has 2 aromatic rings. The van der Waals surface area contributed by atoms with Gasteiger partial charge in [-0.3, -0.25) is 4.98 Å². The van der Waals surface area contributed by atoms with Gasteiger partial charge in [0.1, 0.15) is 23.1 Å². The van der Waals surface area contributed by atoms with E-state index in [2.05, 4.69) is 26.2 Å². The first-order chi connectivity index (χ1) is 9.93. The molecule has 0 saturated carbocycles. The number of ether oxygens (including phenoxy) is 1. The maximum absolute atomic E-state index is 13.7. The molecule has 6 heteroatoms. The fraction of sp³-hybridized carbons (Fsp3) is 0.267. The maximum atomic E-state index is 13.7. The van der Waals surface area contributed by atoms with E-state index in [4.69, 9.17) is 4.74 Å². The number of benzene rings is 1. The Morgan fingerprint density at radius 1 is 1.24 bits per heavy atom. The van der Waals surface area contributed by atoms with Crippen LogP contribution < -0.4 is 10.1 Å². The molecule has 2 rings (SSSR count). The second-order valence-electron chi connectivity index (χ2n) is 4.64. The summed E-state index contributed by atoms with van der Waals surface area (Å²) in [6, 6.07) is 2.42. The molecule has 0 aliphatic carbocycles. The molecule has 0 radical (unpaired) electrons. The molecule has 0 aliphatic rings. The van der Waals surface area contributed by atoms with Crippen LogP contribution in [0.5, 0.6) is 5.75 Å². The summed E-state index contributed by atoms with van der Waals surface area (Å²) >= 11 is 3.04. The van der Waals surface area contributed by atoms with E-state index < -0.39 is 11.6 Å². The molecule has 1 aromatic carbocycles. The summed E-state index contributed by atoms with van der Waals surface area (Å²) in [5.41, 5.74) is 2.28. The highest BCUT2D eigenvalue weighted by atomic mass is 79.9. The van der Waals surface area contributed by atoms with Crippen molar-refractivity contribution in [1.82, 2.24) is 4.98 Å². The number of halogens is 3. The number of nitrogens with zero attached hydrogens (tertiary/aromatic N) is 1. The third-order valence-corrected chi connectivity index (χ3v) is 3.65. The van der Waals surface area contributed by atoms with Crippen molar-refractivity contribution < 1.29 is 13.5 Å². The van der Waals surface area contributed by atoms with Crippen LogP contribution in [0.25, 0.3) is 0 Å². The standard InChI is InChI=1S/C15H15BrF2N2O/c1-8-6-19-13(9(2)15(8)21-3)7-20-14-11(17)4-10(16)5-12(14)18/h4-6,20H,7H2,1-3H3. The molecule has 0 unspecified atom stereocenters. The molecule has 3 nitrogen and oxygen atoms in total. The van der Waals surface area contributed by atoms with Crippen molar-refractivity contribution in [2.45, 2.75) is 20.4 Å². The van der Waals surface area contributed by atoms with Gasteiger partial charge in [0.05, 0.1) is 19.3 Å². The average molecular weight is 357 g/mol. The Labute approximate surface area is 130 Å². The minimum absolute atomic E-state index is 0.168. The first-order valence-electron chi connectivity index (χ1n) is 6.31. The zero-order chi connectivity index (χ0) is 15.6. The van der Waals surface area contributed by atoms with Crippen LogP contribution in [-0.2, 0) is 6.54 Å². The van der Waals surface area contributed by atoms with Gasteiger partial charge in [-0.1, -0.05) is 15.9 Å². The van der Waals surface area contributed by atoms with E-state index in [1.54, 1.807) is 13.3 Å². The van der Waals surface area contributed by atoms with E-state index in [0.717, 1.165) is 16.9 Å². The molecule has 1 aromatic heterocycles. The summed E-state index contributed by atoms with van der Waals surface area (Å²) in [5, 5.41) is 2.75. The van der Waals surface area contributed by atoms with E-state index in [-0.39, 0.29) is 12.2 Å². The molecule has 0 atom stereocenters. The Balaban J connectivity index is 2.25. The van der Waals surface area contributed by atoms with Gasteiger partial charge in [0.25, 0.3) is 0 Å². The molecular formula is C15H15BrF2N2O. The van der Waals surface area contributed by atoms with Crippen LogP contribution >= 0.6 is 15.9 Å². The first-order valence-corrected chi connectivity index (χ1v) is 7.10. The lowest BCUT2D eigenvalue weighted by atomic mass is 10.1. The van der Waals surface area contributed by atoms with Crippen molar-refractivity contribution in [3.8, 4) is 5.75 Å². The van der Waals surface area contributed by atoms with Crippen LogP contribution in [0.15, 0.2) is 22.8 Å². The number of rotatable bonds is 4. The van der Waals surface area contributed by atoms with E-state index >= 15 is 0 Å². The predicted molar refractivity (Wildman–Crippen MR) is 81.6 cm³/mol. The number of nitrogens with one attached hydrogen (secondary N) is 1. The molecule has 0 aliphatic heterocycles. The molecular weight excluding hydrogens is 342 g/mol. The van der Waals surface area contributed by atoms with Gasteiger partial charge in [-0.05, 0) is 26.0 Å². The zero-order valence-electron chi connectivity index (χ0n) is 11.9. The Kier molecular flexibility index (Phi) is 4.77. The van der Waals surface area contributed by atoms with Gasteiger partial charge in [-0.2, -0.15) is 0 Å². The Bertz CT molecular complexity index is 654. The van der Waals surface area contributed by atoms with Gasteiger partial charge < -0.3 is 10.1 Å². The summed E-state index contributed by atoms with van der Waals surface area (Å²) in [5.74, 6) is -0.573. The quantitative estimate of drug-likeness (QED) is 0.883. The Morgan fingerprint density at radius 2 is 1.86 bits per heavy atom. The zero-order valence-corrected chi connectivity index (χ0v) is 13.5. The molecule has 0 fully saturated rings. The fourth-order valence-electron chi connectivity index (χ4n) is 2.13. The second kappa shape index (κ2) is 6.39. The highest BCUT2D eigenvalue weighted by molar-refractivity contribution is 9.10. The summed E-state index contributed by atoms with van der Waals surface area (Å²) in [6.07, 6.45) is 1.68. The van der Waals surface area contributed by atoms with Gasteiger partial charge in [0.15, 0.2) is 0 Å². The molecule has 1 N–H and O–H groups in total. The van der Waals surface area contributed by atoms with Crippen molar-refractivity contribution >= 4 is 21.6 Å². The van der Waals surface area contributed by atoms with Gasteiger partial charge in [-0.25, -0.2) is 8.78 Å². The normalized spacial score (nSPS) is 10.6. The van der Waals surface area contributed by atoms with Crippen molar-refractivity contribution in [3.05, 3.63) is 51.3 Å². The van der Waals surface area contributed by atoms with E-state index in [1.165, 1.54) is 12.1 Å². The molecule has 0 amide bonds. The molecule has 0 spiro atoms. The van der Waals surface area contributed by atoms with E-state index in [0.29, 0.717) is 10.2 Å². The lowest BCUT2D eigenvalue weighted by Crippen LogP contribution is -2.08. The Hall–Kier alpha value is -1.69. The minimum atomic E-state index is -0.654. The molecule has 112 valence electrons. The van der Waals surface area contributed by atoms with Crippen LogP contribution in [0.3, 0.4) is 0 Å². The van der Waals surface area contributed by atoms with Crippen LogP contribution in [-0.4, -0.2) is 12.1 Å². The number of anilines is 1. The number of methoxy groups -OCH3 is 1. The molecule has 0 saturated heterocycles. The van der Waals surface area contributed by atoms with Gasteiger partial charge in [0.2, 0.25) is 0 Å². The lowest BCUT2D eigenvalue weighted by Gasteiger charge is -2.14. The van der Waals surface area contributed by atoms with E-state index in [1.807, 2.05) is 13.8 Å². The fourth-order valence-corrected chi connectivity index (χ4v) is 2.53. The van der Waals surface area contributed by atoms with Gasteiger partial charge in [-0.15, -0.1) is 0 Å². The summed E-state index contributed by atoms with van der Waals surface area (Å²) in [4.78, 5) is 4.28. The minimum Gasteiger partial charge on any atom is -0.496 e. The summed E-state index contributed by atoms with van der Waals surface area (Å²) < 4.78 is 33.2. The number of aryl methyl sites for hydroxylation is 1. The topological polar surface area (TPSA) is 34.1 Å². The van der Waals surface area contributed by atoms with Crippen molar-refractivity contribution in [1.29, 1.82) is 0 Å². The van der Waals surface area contributed by atoms with Crippen molar-refractivity contribution in [3.63, 3.8) is 0 Å². The highest BCUT2D eigenvalue weighted by Gasteiger charge is 2.13. The van der Waals surface area contributed by atoms with Gasteiger partial charge in [0, 0.05) is 21.8 Å². The number of pyridine rings is 1. The van der Waals surface area contributed by atoms with Crippen LogP contribution in [0, 0.1) is 25.5 Å². The SMILES string of the molecule is COc1c(C)cnc(CNc2c(F)cc(Br)cc2F)c1C. The summed E-state index contributed by atoms with van der Waals surface area (Å²) in [6.45, 7) is 3.96. The van der Waals surface area contributed by atoms with Crippen molar-refractivity contribution in [2.24, 2.45) is 0 Å².